The molecular formula is C11H18F2N2O4. The first-order valence-electron chi connectivity index (χ1n) is 5.65. The van der Waals surface area contributed by atoms with Crippen molar-refractivity contribution >= 4 is 17.8 Å². The maximum Gasteiger partial charge on any atom is 0.312 e. The van der Waals surface area contributed by atoms with E-state index in [9.17, 15) is 18.4 Å². The molecule has 0 heterocycles. The van der Waals surface area contributed by atoms with E-state index in [-0.39, 0.29) is 6.42 Å². The Labute approximate surface area is 109 Å². The summed E-state index contributed by atoms with van der Waals surface area (Å²) in [6.45, 7) is 3.96. The van der Waals surface area contributed by atoms with Gasteiger partial charge in [0.25, 0.3) is 6.43 Å². The van der Waals surface area contributed by atoms with Crippen molar-refractivity contribution in [1.29, 1.82) is 0 Å². The van der Waals surface area contributed by atoms with Gasteiger partial charge in [0.05, 0.1) is 5.41 Å². The molecule has 0 fully saturated rings. The van der Waals surface area contributed by atoms with E-state index in [0.29, 0.717) is 0 Å². The minimum absolute atomic E-state index is 0.0194. The summed E-state index contributed by atoms with van der Waals surface area (Å²) in [5.74, 6) is -4.11. The summed E-state index contributed by atoms with van der Waals surface area (Å²) in [5, 5.41) is 13.7. The van der Waals surface area contributed by atoms with Crippen molar-refractivity contribution in [1.82, 2.24) is 5.32 Å². The Balaban J connectivity index is 5.38. The van der Waals surface area contributed by atoms with Gasteiger partial charge in [-0.1, -0.05) is 25.9 Å². The number of hydrogen-bond donors (Lipinski definition) is 2. The van der Waals surface area contributed by atoms with Crippen LogP contribution in [0.2, 0.25) is 0 Å². The fourth-order valence-electron chi connectivity index (χ4n) is 1.51. The predicted octanol–water partition coefficient (Wildman–Crippen LogP) is 1.38. The molecule has 19 heavy (non-hydrogen) atoms. The Morgan fingerprint density at radius 3 is 2.26 bits per heavy atom. The molecular weight excluding hydrogens is 262 g/mol. The van der Waals surface area contributed by atoms with Gasteiger partial charge in [-0.2, -0.15) is 0 Å². The third-order valence-electron chi connectivity index (χ3n) is 2.70. The van der Waals surface area contributed by atoms with E-state index in [0.717, 1.165) is 0 Å². The Hall–Kier alpha value is -1.73. The molecule has 0 aliphatic carbocycles. The van der Waals surface area contributed by atoms with Crippen LogP contribution >= 0.6 is 0 Å². The number of oxime groups is 1. The zero-order chi connectivity index (χ0) is 15.2. The van der Waals surface area contributed by atoms with Gasteiger partial charge in [-0.25, -0.2) is 8.78 Å². The van der Waals surface area contributed by atoms with Crippen molar-refractivity contribution in [3.63, 3.8) is 0 Å². The number of nitrogens with one attached hydrogen (secondary N) is 1. The zero-order valence-electron chi connectivity index (χ0n) is 11.2. The second-order valence-electron chi connectivity index (χ2n) is 4.38. The van der Waals surface area contributed by atoms with Crippen molar-refractivity contribution in [3.05, 3.63) is 0 Å². The second kappa shape index (κ2) is 7.01. The molecule has 2 N–H and O–H groups in total. The van der Waals surface area contributed by atoms with Gasteiger partial charge >= 0.3 is 5.97 Å². The molecule has 8 heteroatoms. The van der Waals surface area contributed by atoms with E-state index in [1.165, 1.54) is 27.8 Å². The third kappa shape index (κ3) is 4.15. The molecule has 0 saturated heterocycles. The van der Waals surface area contributed by atoms with Gasteiger partial charge in [-0.05, 0) is 0 Å². The van der Waals surface area contributed by atoms with Gasteiger partial charge in [0.1, 0.15) is 5.92 Å². The number of hydrogen-bond acceptors (Lipinski definition) is 5. The van der Waals surface area contributed by atoms with Gasteiger partial charge in [0, 0.05) is 13.5 Å². The molecule has 6 nitrogen and oxygen atoms in total. The van der Waals surface area contributed by atoms with E-state index in [1.54, 1.807) is 0 Å². The smallest absolute Gasteiger partial charge is 0.312 e. The molecule has 0 aromatic rings. The molecule has 0 aromatic carbocycles. The van der Waals surface area contributed by atoms with Crippen LogP contribution in [-0.4, -0.2) is 36.5 Å². The van der Waals surface area contributed by atoms with Crippen LogP contribution in [0.1, 0.15) is 27.2 Å². The van der Waals surface area contributed by atoms with Crippen molar-refractivity contribution in [3.8, 4) is 0 Å². The van der Waals surface area contributed by atoms with Crippen LogP contribution in [0.5, 0.6) is 0 Å². The fraction of sp³-hybridized carbons (Fsp3) is 0.727. The van der Waals surface area contributed by atoms with Crippen LogP contribution in [0.15, 0.2) is 5.16 Å². The molecule has 0 aromatic heterocycles. The van der Waals surface area contributed by atoms with E-state index < -0.39 is 35.5 Å². The highest BCUT2D eigenvalue weighted by Gasteiger charge is 2.47. The molecule has 1 amide bonds. The summed E-state index contributed by atoms with van der Waals surface area (Å²) in [4.78, 5) is 22.7. The summed E-state index contributed by atoms with van der Waals surface area (Å²) in [7, 11) is 1.21. The molecule has 0 radical (unpaired) electrons. The summed E-state index contributed by atoms with van der Waals surface area (Å²) < 4.78 is 30.7. The van der Waals surface area contributed by atoms with Gasteiger partial charge in [0.2, 0.25) is 11.8 Å². The number of halogens is 2. The summed E-state index contributed by atoms with van der Waals surface area (Å²) >= 11 is 0. The highest BCUT2D eigenvalue weighted by molar-refractivity contribution is 5.95. The molecule has 0 spiro atoms. The van der Waals surface area contributed by atoms with Crippen LogP contribution in [0, 0.1) is 11.3 Å². The van der Waals surface area contributed by atoms with E-state index >= 15 is 0 Å². The Morgan fingerprint density at radius 2 is 1.95 bits per heavy atom. The van der Waals surface area contributed by atoms with E-state index in [4.69, 9.17) is 5.21 Å². The number of esters is 1. The Kier molecular flexibility index (Phi) is 6.37. The molecule has 0 rings (SSSR count). The minimum Gasteiger partial charge on any atom is -0.408 e. The van der Waals surface area contributed by atoms with Gasteiger partial charge in [0.15, 0.2) is 0 Å². The first kappa shape index (κ1) is 17.3. The number of ether oxygens (including phenoxy) is 1. The topological polar surface area (TPSA) is 88.0 Å². The first-order chi connectivity index (χ1) is 8.72. The normalized spacial score (nSPS) is 14.2. The highest BCUT2D eigenvalue weighted by Crippen LogP contribution is 2.34. The number of carbonyl (C=O) groups is 2. The van der Waals surface area contributed by atoms with Crippen LogP contribution < -0.4 is 5.32 Å². The van der Waals surface area contributed by atoms with Crippen LogP contribution in [-0.2, 0) is 14.3 Å². The Bertz CT molecular complexity index is 370. The summed E-state index contributed by atoms with van der Waals surface area (Å²) in [6.07, 6.45) is -3.03. The lowest BCUT2D eigenvalue weighted by atomic mass is 9.78. The zero-order valence-corrected chi connectivity index (χ0v) is 11.2. The van der Waals surface area contributed by atoms with Gasteiger partial charge in [-0.3, -0.25) is 9.59 Å². The minimum atomic E-state index is -3.01. The maximum absolute atomic E-state index is 13.0. The summed E-state index contributed by atoms with van der Waals surface area (Å²) in [6, 6.07) is 0. The van der Waals surface area contributed by atoms with Crippen LogP contribution in [0.3, 0.4) is 0 Å². The molecule has 0 aliphatic rings. The van der Waals surface area contributed by atoms with Crippen LogP contribution in [0.25, 0.3) is 0 Å². The molecule has 0 saturated carbocycles. The van der Waals surface area contributed by atoms with E-state index in [1.807, 2.05) is 0 Å². The second-order valence-corrected chi connectivity index (χ2v) is 4.38. The Morgan fingerprint density at radius 1 is 1.42 bits per heavy atom. The number of amides is 1. The van der Waals surface area contributed by atoms with Gasteiger partial charge in [-0.15, -0.1) is 0 Å². The monoisotopic (exact) mass is 280 g/mol. The number of nitrogens with zero attached hydrogens (tertiary/aromatic N) is 1. The largest absolute Gasteiger partial charge is 0.408 e. The van der Waals surface area contributed by atoms with Crippen molar-refractivity contribution in [2.75, 3.05) is 7.05 Å². The maximum atomic E-state index is 13.0. The number of alkyl halides is 2. The summed E-state index contributed by atoms with van der Waals surface area (Å²) in [5.41, 5.74) is -1.64. The molecule has 1 unspecified atom stereocenters. The molecule has 0 bridgehead atoms. The van der Waals surface area contributed by atoms with Crippen molar-refractivity contribution < 1.29 is 28.3 Å². The number of rotatable bonds is 5. The van der Waals surface area contributed by atoms with Crippen LogP contribution in [0.4, 0.5) is 8.78 Å². The number of carbonyl (C=O) groups excluding carboxylic acids is 2. The standard InChI is InChI=1S/C11H18F2N2O4/c1-5-6(16)19-10(15-18)11(2,3)7(8(12)13)9(17)14-4/h7-8,18H,5H2,1-4H3,(H,14,17). The van der Waals surface area contributed by atoms with E-state index in [2.05, 4.69) is 15.2 Å². The predicted molar refractivity (Wildman–Crippen MR) is 62.9 cm³/mol. The molecule has 1 atom stereocenters. The lowest BCUT2D eigenvalue weighted by molar-refractivity contribution is -0.139. The quantitative estimate of drug-likeness (QED) is 0.262. The van der Waals surface area contributed by atoms with Crippen molar-refractivity contribution in [2.45, 2.75) is 33.6 Å². The van der Waals surface area contributed by atoms with Crippen molar-refractivity contribution in [2.24, 2.45) is 16.5 Å². The molecule has 0 aliphatic heterocycles. The lowest BCUT2D eigenvalue weighted by Gasteiger charge is -2.31. The lowest BCUT2D eigenvalue weighted by Crippen LogP contribution is -2.47. The highest BCUT2D eigenvalue weighted by atomic mass is 19.3. The molecule has 110 valence electrons. The first-order valence-corrected chi connectivity index (χ1v) is 5.65. The average Bonchev–Trinajstić information content (AvgIpc) is 2.34. The third-order valence-corrected chi connectivity index (χ3v) is 2.70. The SMILES string of the molecule is CCC(=O)OC(=NO)C(C)(C)C(C(=O)NC)C(F)F. The fourth-order valence-corrected chi connectivity index (χ4v) is 1.51. The average molecular weight is 280 g/mol. The van der Waals surface area contributed by atoms with Gasteiger partial charge < -0.3 is 15.3 Å².